The normalized spacial score (nSPS) is 17.0. The molecule has 24 heavy (non-hydrogen) atoms. The van der Waals surface area contributed by atoms with Crippen LogP contribution in [0.2, 0.25) is 0 Å². The Labute approximate surface area is 141 Å². The van der Waals surface area contributed by atoms with Crippen molar-refractivity contribution in [2.45, 2.75) is 18.9 Å². The van der Waals surface area contributed by atoms with Crippen LogP contribution in [-0.2, 0) is 4.79 Å². The molecule has 1 atom stereocenters. The molecule has 2 amide bonds. The number of ether oxygens (including phenoxy) is 1. The maximum atomic E-state index is 12.5. The molecule has 0 bridgehead atoms. The molecule has 1 aliphatic rings. The number of carbonyl (C=O) groups is 2. The highest BCUT2D eigenvalue weighted by atomic mass is 16.5. The molecule has 0 unspecified atom stereocenters. The Bertz CT molecular complexity index is 744. The van der Waals surface area contributed by atoms with E-state index in [2.05, 4.69) is 10.6 Å². The van der Waals surface area contributed by atoms with Gasteiger partial charge in [0.05, 0.1) is 7.11 Å². The van der Waals surface area contributed by atoms with E-state index in [1.807, 2.05) is 30.3 Å². The lowest BCUT2D eigenvalue weighted by molar-refractivity contribution is -0.124. The van der Waals surface area contributed by atoms with Crippen LogP contribution < -0.4 is 15.4 Å². The SMILES string of the molecule is COc1ccc(C(=O)N[C@H]2CCCNC2=O)cc1-c1ccccc1. The molecule has 0 saturated carbocycles. The number of benzene rings is 2. The standard InChI is InChI=1S/C19H20N2O3/c1-24-17-10-9-14(12-15(17)13-6-3-2-4-7-13)18(22)21-16-8-5-11-20-19(16)23/h2-4,6-7,9-10,12,16H,5,8,11H2,1H3,(H,20,23)(H,21,22)/t16-/m0/s1. The molecule has 1 heterocycles. The third-order valence-electron chi connectivity index (χ3n) is 4.14. The second kappa shape index (κ2) is 7.17. The maximum absolute atomic E-state index is 12.5. The molecule has 0 aromatic heterocycles. The lowest BCUT2D eigenvalue weighted by Gasteiger charge is -2.23. The van der Waals surface area contributed by atoms with E-state index in [-0.39, 0.29) is 11.8 Å². The summed E-state index contributed by atoms with van der Waals surface area (Å²) in [6, 6.07) is 14.6. The van der Waals surface area contributed by atoms with Crippen LogP contribution in [-0.4, -0.2) is 31.5 Å². The number of amides is 2. The number of hydrogen-bond acceptors (Lipinski definition) is 3. The van der Waals surface area contributed by atoms with Gasteiger partial charge >= 0.3 is 0 Å². The van der Waals surface area contributed by atoms with E-state index < -0.39 is 6.04 Å². The Morgan fingerprint density at radius 3 is 2.71 bits per heavy atom. The van der Waals surface area contributed by atoms with Gasteiger partial charge in [0.15, 0.2) is 0 Å². The number of methoxy groups -OCH3 is 1. The van der Waals surface area contributed by atoms with Crippen molar-refractivity contribution < 1.29 is 14.3 Å². The van der Waals surface area contributed by atoms with E-state index in [9.17, 15) is 9.59 Å². The first kappa shape index (κ1) is 16.1. The van der Waals surface area contributed by atoms with Crippen molar-refractivity contribution in [2.75, 3.05) is 13.7 Å². The van der Waals surface area contributed by atoms with Crippen molar-refractivity contribution in [1.82, 2.24) is 10.6 Å². The van der Waals surface area contributed by atoms with Gasteiger partial charge in [0, 0.05) is 17.7 Å². The molecular formula is C19H20N2O3. The third kappa shape index (κ3) is 3.40. The summed E-state index contributed by atoms with van der Waals surface area (Å²) in [5, 5.41) is 5.58. The summed E-state index contributed by atoms with van der Waals surface area (Å²) in [7, 11) is 1.61. The van der Waals surface area contributed by atoms with Gasteiger partial charge in [-0.15, -0.1) is 0 Å². The Balaban J connectivity index is 1.86. The highest BCUT2D eigenvalue weighted by Gasteiger charge is 2.24. The van der Waals surface area contributed by atoms with Gasteiger partial charge in [0.2, 0.25) is 5.91 Å². The van der Waals surface area contributed by atoms with Crippen molar-refractivity contribution in [2.24, 2.45) is 0 Å². The van der Waals surface area contributed by atoms with Crippen LogP contribution >= 0.6 is 0 Å². The zero-order valence-electron chi connectivity index (χ0n) is 13.5. The molecule has 5 nitrogen and oxygen atoms in total. The van der Waals surface area contributed by atoms with E-state index in [0.29, 0.717) is 24.3 Å². The molecule has 124 valence electrons. The van der Waals surface area contributed by atoms with Crippen LogP contribution in [0.15, 0.2) is 48.5 Å². The predicted octanol–water partition coefficient (Wildman–Crippen LogP) is 2.37. The molecule has 0 spiro atoms. The molecule has 1 fully saturated rings. The highest BCUT2D eigenvalue weighted by Crippen LogP contribution is 2.30. The minimum absolute atomic E-state index is 0.119. The molecule has 2 aromatic rings. The van der Waals surface area contributed by atoms with Gasteiger partial charge in [-0.3, -0.25) is 9.59 Å². The first-order valence-corrected chi connectivity index (χ1v) is 8.01. The van der Waals surface area contributed by atoms with Gasteiger partial charge in [0.1, 0.15) is 11.8 Å². The van der Waals surface area contributed by atoms with Gasteiger partial charge in [-0.2, -0.15) is 0 Å². The summed E-state index contributed by atoms with van der Waals surface area (Å²) in [6.07, 6.45) is 1.54. The first-order valence-electron chi connectivity index (χ1n) is 8.01. The summed E-state index contributed by atoms with van der Waals surface area (Å²) >= 11 is 0. The fraction of sp³-hybridized carbons (Fsp3) is 0.263. The quantitative estimate of drug-likeness (QED) is 0.907. The molecule has 3 rings (SSSR count). The van der Waals surface area contributed by atoms with E-state index in [4.69, 9.17) is 4.74 Å². The molecule has 0 radical (unpaired) electrons. The highest BCUT2D eigenvalue weighted by molar-refractivity contribution is 5.99. The average molecular weight is 324 g/mol. The van der Waals surface area contributed by atoms with Crippen LogP contribution in [0.25, 0.3) is 11.1 Å². The van der Waals surface area contributed by atoms with Gasteiger partial charge in [-0.05, 0) is 36.6 Å². The smallest absolute Gasteiger partial charge is 0.251 e. The second-order valence-corrected chi connectivity index (χ2v) is 5.74. The van der Waals surface area contributed by atoms with Crippen LogP contribution in [0.5, 0.6) is 5.75 Å². The largest absolute Gasteiger partial charge is 0.496 e. The summed E-state index contributed by atoms with van der Waals surface area (Å²) in [5.74, 6) is 0.330. The van der Waals surface area contributed by atoms with E-state index in [1.165, 1.54) is 0 Å². The molecule has 2 N–H and O–H groups in total. The van der Waals surface area contributed by atoms with Crippen molar-refractivity contribution in [1.29, 1.82) is 0 Å². The van der Waals surface area contributed by atoms with Crippen molar-refractivity contribution in [3.05, 3.63) is 54.1 Å². The molecular weight excluding hydrogens is 304 g/mol. The monoisotopic (exact) mass is 324 g/mol. The van der Waals surface area contributed by atoms with Gasteiger partial charge in [0.25, 0.3) is 5.91 Å². The molecule has 0 aliphatic carbocycles. The lowest BCUT2D eigenvalue weighted by Crippen LogP contribution is -2.50. The van der Waals surface area contributed by atoms with Gasteiger partial charge in [-0.1, -0.05) is 30.3 Å². The maximum Gasteiger partial charge on any atom is 0.251 e. The number of hydrogen-bond donors (Lipinski definition) is 2. The predicted molar refractivity (Wildman–Crippen MR) is 91.9 cm³/mol. The Hall–Kier alpha value is -2.82. The zero-order valence-corrected chi connectivity index (χ0v) is 13.5. The average Bonchev–Trinajstić information content (AvgIpc) is 2.63. The molecule has 1 saturated heterocycles. The number of nitrogens with one attached hydrogen (secondary N) is 2. The van der Waals surface area contributed by atoms with Crippen molar-refractivity contribution in [3.63, 3.8) is 0 Å². The van der Waals surface area contributed by atoms with Crippen LogP contribution in [0.1, 0.15) is 23.2 Å². The summed E-state index contributed by atoms with van der Waals surface area (Å²) in [4.78, 5) is 24.3. The fourth-order valence-corrected chi connectivity index (χ4v) is 2.84. The van der Waals surface area contributed by atoms with Crippen LogP contribution in [0, 0.1) is 0 Å². The minimum Gasteiger partial charge on any atom is -0.496 e. The molecule has 1 aliphatic heterocycles. The Morgan fingerprint density at radius 1 is 1.21 bits per heavy atom. The second-order valence-electron chi connectivity index (χ2n) is 5.74. The topological polar surface area (TPSA) is 67.4 Å². The number of piperidine rings is 1. The van der Waals surface area contributed by atoms with E-state index in [1.54, 1.807) is 25.3 Å². The number of carbonyl (C=O) groups excluding carboxylic acids is 2. The summed E-state index contributed by atoms with van der Waals surface area (Å²) in [6.45, 7) is 0.673. The Morgan fingerprint density at radius 2 is 2.00 bits per heavy atom. The van der Waals surface area contributed by atoms with E-state index >= 15 is 0 Å². The zero-order chi connectivity index (χ0) is 16.9. The lowest BCUT2D eigenvalue weighted by atomic mass is 10.0. The summed E-state index contributed by atoms with van der Waals surface area (Å²) < 4.78 is 5.41. The van der Waals surface area contributed by atoms with Crippen molar-refractivity contribution in [3.8, 4) is 16.9 Å². The van der Waals surface area contributed by atoms with E-state index in [0.717, 1.165) is 17.5 Å². The fourth-order valence-electron chi connectivity index (χ4n) is 2.84. The number of rotatable bonds is 4. The van der Waals surface area contributed by atoms with Gasteiger partial charge < -0.3 is 15.4 Å². The first-order chi connectivity index (χ1) is 11.7. The van der Waals surface area contributed by atoms with Crippen molar-refractivity contribution >= 4 is 11.8 Å². The molecule has 5 heteroatoms. The van der Waals surface area contributed by atoms with Crippen LogP contribution in [0.3, 0.4) is 0 Å². The van der Waals surface area contributed by atoms with Gasteiger partial charge in [-0.25, -0.2) is 0 Å². The third-order valence-corrected chi connectivity index (χ3v) is 4.14. The summed E-state index contributed by atoms with van der Waals surface area (Å²) in [5.41, 5.74) is 2.33. The Kier molecular flexibility index (Phi) is 4.79. The minimum atomic E-state index is -0.464. The molecule has 2 aromatic carbocycles. The van der Waals surface area contributed by atoms with Crippen LogP contribution in [0.4, 0.5) is 0 Å².